The summed E-state index contributed by atoms with van der Waals surface area (Å²) in [6.45, 7) is 1.32. The van der Waals surface area contributed by atoms with Gasteiger partial charge in [-0.1, -0.05) is 0 Å². The van der Waals surface area contributed by atoms with Crippen molar-refractivity contribution in [3.8, 4) is 5.75 Å². The molecule has 2 unspecified atom stereocenters. The lowest BCUT2D eigenvalue weighted by Crippen LogP contribution is -2.45. The Balaban J connectivity index is 1.67. The lowest BCUT2D eigenvalue weighted by atomic mass is 9.90. The van der Waals surface area contributed by atoms with E-state index >= 15 is 0 Å². The number of nitrogens with zero attached hydrogens (tertiary/aromatic N) is 1. The predicted molar refractivity (Wildman–Crippen MR) is 80.5 cm³/mol. The van der Waals surface area contributed by atoms with Crippen LogP contribution in [0.3, 0.4) is 0 Å². The number of phenolic OH excluding ortho intramolecular Hbond substituents is 1. The van der Waals surface area contributed by atoms with Crippen molar-refractivity contribution in [3.05, 3.63) is 29.5 Å². The van der Waals surface area contributed by atoms with Crippen molar-refractivity contribution in [3.63, 3.8) is 0 Å². The highest BCUT2D eigenvalue weighted by Crippen LogP contribution is 2.53. The monoisotopic (exact) mass is 284 g/mol. The number of nitrogens with one attached hydrogen (secondary N) is 1. The summed E-state index contributed by atoms with van der Waals surface area (Å²) in [6, 6.07) is 6.60. The molecule has 4 atom stereocenters. The molecule has 0 spiro atoms. The number of phenols is 1. The molecule has 0 radical (unpaired) electrons. The van der Waals surface area contributed by atoms with E-state index in [9.17, 15) is 10.2 Å². The maximum atomic E-state index is 9.79. The van der Waals surface area contributed by atoms with Crippen molar-refractivity contribution < 1.29 is 10.2 Å². The van der Waals surface area contributed by atoms with Crippen molar-refractivity contribution >= 4 is 10.9 Å². The van der Waals surface area contributed by atoms with Crippen LogP contribution in [0.25, 0.3) is 10.9 Å². The Morgan fingerprint density at radius 3 is 3.05 bits per heavy atom. The van der Waals surface area contributed by atoms with Crippen LogP contribution >= 0.6 is 0 Å². The zero-order valence-corrected chi connectivity index (χ0v) is 11.9. The number of aliphatic hydroxyl groups is 1. The largest absolute Gasteiger partial charge is 0.508 e. The van der Waals surface area contributed by atoms with Gasteiger partial charge in [-0.15, -0.1) is 0 Å². The van der Waals surface area contributed by atoms with Gasteiger partial charge in [-0.3, -0.25) is 4.90 Å². The topological polar surface area (TPSA) is 59.5 Å². The number of aromatic hydroxyl groups is 1. The van der Waals surface area contributed by atoms with E-state index in [1.165, 1.54) is 29.5 Å². The molecule has 4 nitrogen and oxygen atoms in total. The third kappa shape index (κ3) is 1.47. The molecule has 1 saturated heterocycles. The average Bonchev–Trinajstić information content (AvgIpc) is 3.13. The van der Waals surface area contributed by atoms with Crippen molar-refractivity contribution in [2.45, 2.75) is 37.3 Å². The van der Waals surface area contributed by atoms with Crippen molar-refractivity contribution in [1.29, 1.82) is 0 Å². The van der Waals surface area contributed by atoms with Gasteiger partial charge in [0.25, 0.3) is 0 Å². The van der Waals surface area contributed by atoms with Crippen molar-refractivity contribution in [2.24, 2.45) is 5.92 Å². The van der Waals surface area contributed by atoms with Gasteiger partial charge in [-0.25, -0.2) is 0 Å². The summed E-state index contributed by atoms with van der Waals surface area (Å²) in [5.74, 6) is 1.56. The van der Waals surface area contributed by atoms with Crippen LogP contribution in [0.15, 0.2) is 18.2 Å². The van der Waals surface area contributed by atoms with Gasteiger partial charge in [0.1, 0.15) is 5.75 Å². The van der Waals surface area contributed by atoms with Gasteiger partial charge in [0, 0.05) is 41.1 Å². The molecule has 21 heavy (non-hydrogen) atoms. The Labute approximate surface area is 123 Å². The molecule has 2 aliphatic heterocycles. The molecule has 3 heterocycles. The summed E-state index contributed by atoms with van der Waals surface area (Å²) < 4.78 is 0. The van der Waals surface area contributed by atoms with E-state index in [4.69, 9.17) is 0 Å². The third-order valence-electron chi connectivity index (χ3n) is 6.06. The van der Waals surface area contributed by atoms with Gasteiger partial charge in [-0.2, -0.15) is 0 Å². The van der Waals surface area contributed by atoms with E-state index in [2.05, 4.69) is 9.88 Å². The molecular weight excluding hydrogens is 264 g/mol. The number of aliphatic hydroxyl groups excluding tert-OH is 1. The quantitative estimate of drug-likeness (QED) is 0.750. The Hall–Kier alpha value is -1.52. The molecule has 5 rings (SSSR count). The second-order valence-electron chi connectivity index (χ2n) is 6.89. The zero-order chi connectivity index (χ0) is 14.1. The molecular formula is C17H20N2O2. The molecule has 2 bridgehead atoms. The number of piperidine rings is 1. The first-order valence-corrected chi connectivity index (χ1v) is 7.96. The minimum absolute atomic E-state index is 0.295. The zero-order valence-electron chi connectivity index (χ0n) is 11.9. The first kappa shape index (κ1) is 12.1. The maximum Gasteiger partial charge on any atom is 0.116 e. The van der Waals surface area contributed by atoms with Gasteiger partial charge < -0.3 is 15.2 Å². The molecule has 1 aliphatic carbocycles. The Bertz CT molecular complexity index is 723. The highest BCUT2D eigenvalue weighted by atomic mass is 16.3. The maximum absolute atomic E-state index is 9.79. The summed E-state index contributed by atoms with van der Waals surface area (Å²) in [7, 11) is 0. The molecule has 2 fully saturated rings. The molecule has 2 aromatic rings. The standard InChI is InChI=1S/C17H20N2O2/c20-8-16-9-5-13-15(6-9)19(16)4-3-11-12-7-10(21)1-2-14(12)18-17(11)13/h1-2,7,9,13,15-16,18,20-21H,3-6,8H2/t9-,13-,15?,16?/m1/s1. The van der Waals surface area contributed by atoms with Gasteiger partial charge in [0.2, 0.25) is 0 Å². The Kier molecular flexibility index (Phi) is 2.31. The number of fused-ring (bicyclic) bond motifs is 5. The number of aromatic nitrogens is 1. The first-order valence-electron chi connectivity index (χ1n) is 7.96. The minimum atomic E-state index is 0.295. The highest BCUT2D eigenvalue weighted by Gasteiger charge is 2.53. The predicted octanol–water partition coefficient (Wildman–Crippen LogP) is 1.97. The average molecular weight is 284 g/mol. The van der Waals surface area contributed by atoms with E-state index in [-0.39, 0.29) is 0 Å². The lowest BCUT2D eigenvalue weighted by Gasteiger charge is -2.36. The van der Waals surface area contributed by atoms with Crippen LogP contribution < -0.4 is 0 Å². The molecule has 1 aromatic heterocycles. The Morgan fingerprint density at radius 2 is 2.19 bits per heavy atom. The normalized spacial score (nSPS) is 34.3. The van der Waals surface area contributed by atoms with Crippen molar-refractivity contribution in [1.82, 2.24) is 9.88 Å². The van der Waals surface area contributed by atoms with E-state index in [0.29, 0.717) is 36.3 Å². The van der Waals surface area contributed by atoms with Crippen LogP contribution in [0.5, 0.6) is 5.75 Å². The van der Waals surface area contributed by atoms with Gasteiger partial charge in [0.15, 0.2) is 0 Å². The van der Waals surface area contributed by atoms with Crippen LogP contribution in [-0.4, -0.2) is 45.3 Å². The number of hydrogen-bond acceptors (Lipinski definition) is 3. The second kappa shape index (κ2) is 4.02. The van der Waals surface area contributed by atoms with Crippen LogP contribution in [0.4, 0.5) is 0 Å². The summed E-state index contributed by atoms with van der Waals surface area (Å²) >= 11 is 0. The molecule has 110 valence electrons. The minimum Gasteiger partial charge on any atom is -0.508 e. The second-order valence-corrected chi connectivity index (χ2v) is 6.89. The lowest BCUT2D eigenvalue weighted by molar-refractivity contribution is 0.0783. The fourth-order valence-electron chi connectivity index (χ4n) is 5.23. The number of H-pyrrole nitrogens is 1. The summed E-state index contributed by atoms with van der Waals surface area (Å²) in [5, 5.41) is 20.7. The smallest absolute Gasteiger partial charge is 0.116 e. The van der Waals surface area contributed by atoms with E-state index in [1.54, 1.807) is 6.07 Å². The summed E-state index contributed by atoms with van der Waals surface area (Å²) in [5.41, 5.74) is 3.92. The molecule has 1 aromatic carbocycles. The summed E-state index contributed by atoms with van der Waals surface area (Å²) in [4.78, 5) is 6.17. The van der Waals surface area contributed by atoms with Gasteiger partial charge >= 0.3 is 0 Å². The number of benzene rings is 1. The first-order chi connectivity index (χ1) is 10.3. The van der Waals surface area contributed by atoms with Crippen LogP contribution in [0.2, 0.25) is 0 Å². The summed E-state index contributed by atoms with van der Waals surface area (Å²) in [6.07, 6.45) is 3.43. The molecule has 0 amide bonds. The Morgan fingerprint density at radius 1 is 1.29 bits per heavy atom. The van der Waals surface area contributed by atoms with Crippen LogP contribution in [0.1, 0.15) is 30.0 Å². The SMILES string of the molecule is OCC1[C@H]2CC3[C@@H](C2)c2[nH]c4ccc(O)cc4c2CCN13. The van der Waals surface area contributed by atoms with E-state index in [1.807, 2.05) is 12.1 Å². The molecule has 1 saturated carbocycles. The number of hydrogen-bond donors (Lipinski definition) is 3. The van der Waals surface area contributed by atoms with E-state index < -0.39 is 0 Å². The van der Waals surface area contributed by atoms with Crippen molar-refractivity contribution in [2.75, 3.05) is 13.2 Å². The van der Waals surface area contributed by atoms with Gasteiger partial charge in [0.05, 0.1) is 6.61 Å². The van der Waals surface area contributed by atoms with E-state index in [0.717, 1.165) is 18.5 Å². The van der Waals surface area contributed by atoms with Gasteiger partial charge in [-0.05, 0) is 48.9 Å². The fraction of sp³-hybridized carbons (Fsp3) is 0.529. The third-order valence-corrected chi connectivity index (χ3v) is 6.06. The molecule has 4 heteroatoms. The highest BCUT2D eigenvalue weighted by molar-refractivity contribution is 5.86. The molecule has 3 N–H and O–H groups in total. The number of rotatable bonds is 1. The fourth-order valence-corrected chi connectivity index (χ4v) is 5.23. The molecule has 3 aliphatic rings. The van der Waals surface area contributed by atoms with Crippen LogP contribution in [-0.2, 0) is 6.42 Å². The van der Waals surface area contributed by atoms with Crippen LogP contribution in [0, 0.1) is 5.92 Å². The number of aromatic amines is 1.